The molecule has 1 aliphatic carbocycles. The van der Waals surface area contributed by atoms with Crippen molar-refractivity contribution in [1.29, 1.82) is 0 Å². The Morgan fingerprint density at radius 3 is 2.58 bits per heavy atom. The third-order valence-electron chi connectivity index (χ3n) is 4.75. The van der Waals surface area contributed by atoms with Crippen LogP contribution in [-0.2, 0) is 6.54 Å². The zero-order valence-corrected chi connectivity index (χ0v) is 14.6. The van der Waals surface area contributed by atoms with Crippen LogP contribution in [0.2, 0.25) is 0 Å². The van der Waals surface area contributed by atoms with Gasteiger partial charge < -0.3 is 10.6 Å². The summed E-state index contributed by atoms with van der Waals surface area (Å²) in [6, 6.07) is 10.9. The molecule has 0 atom stereocenters. The van der Waals surface area contributed by atoms with Crippen LogP contribution >= 0.6 is 0 Å². The maximum atomic E-state index is 4.35. The minimum absolute atomic E-state index is 0.551. The summed E-state index contributed by atoms with van der Waals surface area (Å²) >= 11 is 0. The Bertz CT molecular complexity index is 637. The number of aromatic nitrogens is 2. The first kappa shape index (κ1) is 16.6. The van der Waals surface area contributed by atoms with Gasteiger partial charge in [-0.05, 0) is 55.4 Å². The summed E-state index contributed by atoms with van der Waals surface area (Å²) in [6.07, 6.45) is 8.83. The lowest BCUT2D eigenvalue weighted by molar-refractivity contribution is 0.329. The van der Waals surface area contributed by atoms with Gasteiger partial charge in [0, 0.05) is 32.0 Å². The van der Waals surface area contributed by atoms with Crippen molar-refractivity contribution in [1.82, 2.24) is 20.4 Å². The fourth-order valence-corrected chi connectivity index (χ4v) is 3.17. The van der Waals surface area contributed by atoms with Crippen LogP contribution in [0, 0.1) is 5.92 Å². The fraction of sp³-hybridized carbons (Fsp3) is 0.474. The molecular formula is C19H27N5. The van der Waals surface area contributed by atoms with Crippen LogP contribution in [0.15, 0.2) is 47.7 Å². The first-order valence-corrected chi connectivity index (χ1v) is 8.80. The molecule has 128 valence electrons. The minimum Gasteiger partial charge on any atom is -0.354 e. The molecule has 0 radical (unpaired) electrons. The molecule has 0 bridgehead atoms. The highest BCUT2D eigenvalue weighted by molar-refractivity contribution is 5.79. The van der Waals surface area contributed by atoms with Gasteiger partial charge in [-0.2, -0.15) is 5.10 Å². The highest BCUT2D eigenvalue weighted by Crippen LogP contribution is 2.23. The van der Waals surface area contributed by atoms with Gasteiger partial charge in [-0.1, -0.05) is 19.1 Å². The van der Waals surface area contributed by atoms with E-state index in [1.807, 2.05) is 24.0 Å². The molecule has 1 heterocycles. The molecule has 1 aromatic carbocycles. The number of hydrogen-bond acceptors (Lipinski definition) is 2. The molecule has 0 amide bonds. The molecule has 24 heavy (non-hydrogen) atoms. The van der Waals surface area contributed by atoms with Crippen molar-refractivity contribution in [2.75, 3.05) is 7.05 Å². The van der Waals surface area contributed by atoms with Gasteiger partial charge in [-0.15, -0.1) is 0 Å². The number of rotatable bonds is 4. The molecule has 1 fully saturated rings. The average Bonchev–Trinajstić information content (AvgIpc) is 3.15. The van der Waals surface area contributed by atoms with Gasteiger partial charge in [-0.25, -0.2) is 4.68 Å². The Balaban J connectivity index is 1.50. The smallest absolute Gasteiger partial charge is 0.191 e. The molecule has 2 N–H and O–H groups in total. The van der Waals surface area contributed by atoms with Crippen LogP contribution in [0.5, 0.6) is 0 Å². The lowest BCUT2D eigenvalue weighted by atomic mass is 9.87. The zero-order valence-electron chi connectivity index (χ0n) is 14.6. The van der Waals surface area contributed by atoms with Gasteiger partial charge in [0.05, 0.1) is 5.69 Å². The van der Waals surface area contributed by atoms with E-state index in [0.29, 0.717) is 6.04 Å². The fourth-order valence-electron chi connectivity index (χ4n) is 3.17. The van der Waals surface area contributed by atoms with Crippen molar-refractivity contribution in [2.24, 2.45) is 10.9 Å². The lowest BCUT2D eigenvalue weighted by Crippen LogP contribution is -2.44. The summed E-state index contributed by atoms with van der Waals surface area (Å²) in [5.74, 6) is 1.76. The Kier molecular flexibility index (Phi) is 5.51. The molecule has 0 spiro atoms. The monoisotopic (exact) mass is 325 g/mol. The second kappa shape index (κ2) is 7.99. The van der Waals surface area contributed by atoms with Crippen molar-refractivity contribution >= 4 is 5.96 Å². The molecular weight excluding hydrogens is 298 g/mol. The number of nitrogens with one attached hydrogen (secondary N) is 2. The third kappa shape index (κ3) is 4.37. The summed E-state index contributed by atoms with van der Waals surface area (Å²) < 4.78 is 1.86. The van der Waals surface area contributed by atoms with Crippen molar-refractivity contribution < 1.29 is 0 Å². The van der Waals surface area contributed by atoms with Crippen LogP contribution in [0.4, 0.5) is 0 Å². The van der Waals surface area contributed by atoms with E-state index >= 15 is 0 Å². The molecule has 1 aromatic heterocycles. The van der Waals surface area contributed by atoms with E-state index in [1.165, 1.54) is 31.2 Å². The Hall–Kier alpha value is -2.30. The van der Waals surface area contributed by atoms with Crippen molar-refractivity contribution in [2.45, 2.75) is 45.2 Å². The summed E-state index contributed by atoms with van der Waals surface area (Å²) in [5.41, 5.74) is 2.30. The molecule has 1 aliphatic rings. The highest BCUT2D eigenvalue weighted by atomic mass is 15.3. The topological polar surface area (TPSA) is 54.2 Å². The molecule has 2 aromatic rings. The Morgan fingerprint density at radius 2 is 1.96 bits per heavy atom. The maximum absolute atomic E-state index is 4.35. The summed E-state index contributed by atoms with van der Waals surface area (Å²) in [4.78, 5) is 4.35. The number of hydrogen-bond donors (Lipinski definition) is 2. The van der Waals surface area contributed by atoms with Gasteiger partial charge >= 0.3 is 0 Å². The van der Waals surface area contributed by atoms with Gasteiger partial charge in [-0.3, -0.25) is 4.99 Å². The Labute approximate surface area is 144 Å². The molecule has 3 rings (SSSR count). The van der Waals surface area contributed by atoms with Crippen LogP contribution in [0.3, 0.4) is 0 Å². The first-order chi connectivity index (χ1) is 11.7. The maximum Gasteiger partial charge on any atom is 0.191 e. The second-order valence-electron chi connectivity index (χ2n) is 6.64. The molecule has 0 saturated heterocycles. The lowest BCUT2D eigenvalue weighted by Gasteiger charge is -2.28. The normalized spacial score (nSPS) is 21.5. The number of nitrogens with zero attached hydrogens (tertiary/aromatic N) is 3. The molecule has 0 aliphatic heterocycles. The SMILES string of the molecule is CN=C(NCc1ccc(-n2cccn2)cc1)NC1CCC(C)CC1. The highest BCUT2D eigenvalue weighted by Gasteiger charge is 2.18. The van der Waals surface area contributed by atoms with Crippen LogP contribution < -0.4 is 10.6 Å². The average molecular weight is 325 g/mol. The largest absolute Gasteiger partial charge is 0.354 e. The first-order valence-electron chi connectivity index (χ1n) is 8.80. The molecule has 1 saturated carbocycles. The van der Waals surface area contributed by atoms with Crippen LogP contribution in [0.1, 0.15) is 38.2 Å². The minimum atomic E-state index is 0.551. The summed E-state index contributed by atoms with van der Waals surface area (Å²) in [7, 11) is 1.83. The molecule has 0 unspecified atom stereocenters. The van der Waals surface area contributed by atoms with Crippen molar-refractivity contribution in [3.8, 4) is 5.69 Å². The zero-order chi connectivity index (χ0) is 16.8. The van der Waals surface area contributed by atoms with E-state index in [-0.39, 0.29) is 0 Å². The van der Waals surface area contributed by atoms with Crippen molar-refractivity contribution in [3.05, 3.63) is 48.3 Å². The predicted octanol–water partition coefficient (Wildman–Crippen LogP) is 3.12. The van der Waals surface area contributed by atoms with Crippen LogP contribution in [0.25, 0.3) is 5.69 Å². The van der Waals surface area contributed by atoms with Gasteiger partial charge in [0.15, 0.2) is 5.96 Å². The summed E-state index contributed by atoms with van der Waals surface area (Å²) in [5, 5.41) is 11.2. The van der Waals surface area contributed by atoms with Crippen LogP contribution in [-0.4, -0.2) is 28.8 Å². The van der Waals surface area contributed by atoms with E-state index in [1.54, 1.807) is 6.20 Å². The van der Waals surface area contributed by atoms with E-state index in [0.717, 1.165) is 24.1 Å². The van der Waals surface area contributed by atoms with Gasteiger partial charge in [0.25, 0.3) is 0 Å². The van der Waals surface area contributed by atoms with Gasteiger partial charge in [0.1, 0.15) is 0 Å². The summed E-state index contributed by atoms with van der Waals surface area (Å²) in [6.45, 7) is 3.11. The second-order valence-corrected chi connectivity index (χ2v) is 6.64. The number of guanidine groups is 1. The van der Waals surface area contributed by atoms with E-state index in [9.17, 15) is 0 Å². The number of aliphatic imine (C=N–C) groups is 1. The van der Waals surface area contributed by atoms with E-state index in [4.69, 9.17) is 0 Å². The molecule has 5 heteroatoms. The number of benzene rings is 1. The standard InChI is InChI=1S/C19H27N5/c1-15-4-8-17(9-5-15)23-19(20-2)21-14-16-6-10-18(11-7-16)24-13-3-12-22-24/h3,6-7,10-13,15,17H,4-5,8-9,14H2,1-2H3,(H2,20,21,23). The van der Waals surface area contributed by atoms with E-state index < -0.39 is 0 Å². The van der Waals surface area contributed by atoms with Gasteiger partial charge in [0.2, 0.25) is 0 Å². The Morgan fingerprint density at radius 1 is 1.21 bits per heavy atom. The quantitative estimate of drug-likeness (QED) is 0.671. The van der Waals surface area contributed by atoms with E-state index in [2.05, 4.69) is 51.9 Å². The van der Waals surface area contributed by atoms with Crippen molar-refractivity contribution in [3.63, 3.8) is 0 Å². The molecule has 5 nitrogen and oxygen atoms in total. The third-order valence-corrected chi connectivity index (χ3v) is 4.75. The predicted molar refractivity (Wildman–Crippen MR) is 98.3 cm³/mol.